The van der Waals surface area contributed by atoms with E-state index >= 15 is 0 Å². The van der Waals surface area contributed by atoms with E-state index in [-0.39, 0.29) is 35.9 Å². The van der Waals surface area contributed by atoms with Crippen LogP contribution in [0.3, 0.4) is 0 Å². The molecule has 1 aliphatic rings. The number of aliphatic hydroxyl groups excluding tert-OH is 1. The minimum absolute atomic E-state index is 0.0377. The summed E-state index contributed by atoms with van der Waals surface area (Å²) in [5.74, 6) is 0.305. The number of aromatic hydroxyl groups is 2. The average Bonchev–Trinajstić information content (AvgIpc) is 2.59. The lowest BCUT2D eigenvalue weighted by Gasteiger charge is -2.40. The zero-order chi connectivity index (χ0) is 16.4. The Morgan fingerprint density at radius 2 is 1.78 bits per heavy atom. The fraction of sp³-hybridized carbons (Fsp3) is 0.368. The van der Waals surface area contributed by atoms with Crippen molar-refractivity contribution in [2.24, 2.45) is 11.7 Å². The van der Waals surface area contributed by atoms with Crippen LogP contribution < -0.4 is 5.73 Å². The summed E-state index contributed by atoms with van der Waals surface area (Å²) in [6.45, 7) is 0.565. The standard InChI is InChI=1S/C19H23NO3/c20-11-17-13-6-7-18(22)19(23)16(13)10-15(14(17)8-9-21)12-4-2-1-3-5-12/h1-7,14-15,17,21-23H,8-11,20H2. The van der Waals surface area contributed by atoms with Gasteiger partial charge in [0.25, 0.3) is 0 Å². The van der Waals surface area contributed by atoms with Gasteiger partial charge in [-0.25, -0.2) is 0 Å². The first-order valence-electron chi connectivity index (χ1n) is 8.07. The molecule has 0 spiro atoms. The van der Waals surface area contributed by atoms with Crippen LogP contribution in [0.5, 0.6) is 11.5 Å². The SMILES string of the molecule is NCC1c2ccc(O)c(O)c2CC(c2ccccc2)C1CCO. The van der Waals surface area contributed by atoms with E-state index in [4.69, 9.17) is 5.73 Å². The molecule has 0 aromatic heterocycles. The number of nitrogens with two attached hydrogens (primary N) is 1. The fourth-order valence-electron chi connectivity index (χ4n) is 4.00. The first-order valence-corrected chi connectivity index (χ1v) is 8.07. The number of hydrogen-bond acceptors (Lipinski definition) is 4. The normalized spacial score (nSPS) is 23.5. The Labute approximate surface area is 136 Å². The summed E-state index contributed by atoms with van der Waals surface area (Å²) >= 11 is 0. The Hall–Kier alpha value is -2.04. The number of hydrogen-bond donors (Lipinski definition) is 4. The Morgan fingerprint density at radius 1 is 1.04 bits per heavy atom. The molecule has 2 aromatic rings. The molecule has 0 saturated heterocycles. The highest BCUT2D eigenvalue weighted by atomic mass is 16.3. The van der Waals surface area contributed by atoms with E-state index < -0.39 is 0 Å². The smallest absolute Gasteiger partial charge is 0.160 e. The van der Waals surface area contributed by atoms with E-state index in [9.17, 15) is 15.3 Å². The second-order valence-corrected chi connectivity index (χ2v) is 6.24. The Kier molecular flexibility index (Phi) is 4.55. The van der Waals surface area contributed by atoms with Crippen LogP contribution in [0.15, 0.2) is 42.5 Å². The first kappa shape index (κ1) is 15.8. The van der Waals surface area contributed by atoms with Gasteiger partial charge in [-0.2, -0.15) is 0 Å². The molecule has 0 radical (unpaired) electrons. The molecule has 4 nitrogen and oxygen atoms in total. The Bertz CT molecular complexity index is 672. The van der Waals surface area contributed by atoms with Crippen molar-refractivity contribution in [2.45, 2.75) is 24.7 Å². The third kappa shape index (κ3) is 2.80. The summed E-state index contributed by atoms with van der Waals surface area (Å²) in [6, 6.07) is 13.5. The van der Waals surface area contributed by atoms with Crippen molar-refractivity contribution in [3.63, 3.8) is 0 Å². The predicted octanol–water partition coefficient (Wildman–Crippen LogP) is 2.48. The van der Waals surface area contributed by atoms with Gasteiger partial charge in [-0.3, -0.25) is 0 Å². The van der Waals surface area contributed by atoms with Crippen molar-refractivity contribution in [3.05, 3.63) is 59.2 Å². The van der Waals surface area contributed by atoms with Gasteiger partial charge in [0.1, 0.15) is 0 Å². The summed E-state index contributed by atoms with van der Waals surface area (Å²) in [5, 5.41) is 29.6. The van der Waals surface area contributed by atoms with Crippen molar-refractivity contribution >= 4 is 0 Å². The molecule has 5 N–H and O–H groups in total. The van der Waals surface area contributed by atoms with E-state index in [0.29, 0.717) is 19.4 Å². The van der Waals surface area contributed by atoms with Crippen LogP contribution in [0.25, 0.3) is 0 Å². The van der Waals surface area contributed by atoms with Gasteiger partial charge in [-0.1, -0.05) is 36.4 Å². The van der Waals surface area contributed by atoms with Gasteiger partial charge in [0.05, 0.1) is 0 Å². The fourth-order valence-corrected chi connectivity index (χ4v) is 4.00. The molecule has 0 saturated carbocycles. The topological polar surface area (TPSA) is 86.7 Å². The van der Waals surface area contributed by atoms with Crippen molar-refractivity contribution < 1.29 is 15.3 Å². The third-order valence-corrected chi connectivity index (χ3v) is 5.10. The van der Waals surface area contributed by atoms with Crippen molar-refractivity contribution in [2.75, 3.05) is 13.2 Å². The molecule has 4 heteroatoms. The van der Waals surface area contributed by atoms with E-state index in [1.165, 1.54) is 11.6 Å². The molecule has 3 unspecified atom stereocenters. The van der Waals surface area contributed by atoms with Crippen LogP contribution in [0.1, 0.15) is 34.9 Å². The molecular weight excluding hydrogens is 290 g/mol. The van der Waals surface area contributed by atoms with Crippen LogP contribution >= 0.6 is 0 Å². The molecule has 3 rings (SSSR count). The summed E-state index contributed by atoms with van der Waals surface area (Å²) in [4.78, 5) is 0. The number of rotatable bonds is 4. The third-order valence-electron chi connectivity index (χ3n) is 5.10. The maximum absolute atomic E-state index is 10.3. The van der Waals surface area contributed by atoms with Crippen LogP contribution in [-0.4, -0.2) is 28.5 Å². The minimum Gasteiger partial charge on any atom is -0.504 e. The van der Waals surface area contributed by atoms with E-state index in [2.05, 4.69) is 12.1 Å². The van der Waals surface area contributed by atoms with Gasteiger partial charge >= 0.3 is 0 Å². The van der Waals surface area contributed by atoms with Crippen molar-refractivity contribution in [1.82, 2.24) is 0 Å². The Balaban J connectivity index is 2.11. The number of fused-ring (bicyclic) bond motifs is 1. The monoisotopic (exact) mass is 313 g/mol. The van der Waals surface area contributed by atoms with Crippen LogP contribution in [0.2, 0.25) is 0 Å². The minimum atomic E-state index is -0.0908. The number of benzene rings is 2. The molecule has 23 heavy (non-hydrogen) atoms. The van der Waals surface area contributed by atoms with Crippen LogP contribution in [-0.2, 0) is 6.42 Å². The number of phenols is 2. The summed E-state index contributed by atoms with van der Waals surface area (Å²) in [7, 11) is 0. The quantitative estimate of drug-likeness (QED) is 0.653. The molecule has 0 aliphatic heterocycles. The highest BCUT2D eigenvalue weighted by Gasteiger charge is 2.38. The molecule has 0 fully saturated rings. The maximum atomic E-state index is 10.3. The van der Waals surface area contributed by atoms with Gasteiger partial charge in [-0.15, -0.1) is 0 Å². The van der Waals surface area contributed by atoms with E-state index in [1.807, 2.05) is 24.3 Å². The largest absolute Gasteiger partial charge is 0.504 e. The lowest BCUT2D eigenvalue weighted by molar-refractivity contribution is 0.214. The van der Waals surface area contributed by atoms with Gasteiger partial charge in [0.2, 0.25) is 0 Å². The number of aliphatic hydroxyl groups is 1. The van der Waals surface area contributed by atoms with Crippen molar-refractivity contribution in [3.8, 4) is 11.5 Å². The van der Waals surface area contributed by atoms with Gasteiger partial charge < -0.3 is 21.1 Å². The van der Waals surface area contributed by atoms with Crippen LogP contribution in [0.4, 0.5) is 0 Å². The maximum Gasteiger partial charge on any atom is 0.160 e. The first-order chi connectivity index (χ1) is 11.2. The molecule has 3 atom stereocenters. The molecule has 0 amide bonds. The van der Waals surface area contributed by atoms with E-state index in [1.54, 1.807) is 0 Å². The van der Waals surface area contributed by atoms with Gasteiger partial charge in [0, 0.05) is 18.1 Å². The van der Waals surface area contributed by atoms with Gasteiger partial charge in [0.15, 0.2) is 11.5 Å². The van der Waals surface area contributed by atoms with Gasteiger partial charge in [-0.05, 0) is 48.4 Å². The molecule has 1 aliphatic carbocycles. The lowest BCUT2D eigenvalue weighted by atomic mass is 9.65. The zero-order valence-electron chi connectivity index (χ0n) is 13.0. The Morgan fingerprint density at radius 3 is 2.43 bits per heavy atom. The highest BCUT2D eigenvalue weighted by molar-refractivity contribution is 5.53. The molecule has 2 aromatic carbocycles. The molecular formula is C19H23NO3. The second-order valence-electron chi connectivity index (χ2n) is 6.24. The highest BCUT2D eigenvalue weighted by Crippen LogP contribution is 2.49. The summed E-state index contributed by atoms with van der Waals surface area (Å²) in [6.07, 6.45) is 1.31. The molecule has 0 bridgehead atoms. The molecule has 0 heterocycles. The van der Waals surface area contributed by atoms with Crippen LogP contribution in [0, 0.1) is 5.92 Å². The molecule has 122 valence electrons. The second kappa shape index (κ2) is 6.60. The van der Waals surface area contributed by atoms with Crippen molar-refractivity contribution in [1.29, 1.82) is 0 Å². The lowest BCUT2D eigenvalue weighted by Crippen LogP contribution is -2.33. The average molecular weight is 313 g/mol. The summed E-state index contributed by atoms with van der Waals surface area (Å²) < 4.78 is 0. The number of phenolic OH excluding ortho intramolecular Hbond substituents is 2. The zero-order valence-corrected chi connectivity index (χ0v) is 13.0. The summed E-state index contributed by atoms with van der Waals surface area (Å²) in [5.41, 5.74) is 8.99. The predicted molar refractivity (Wildman–Crippen MR) is 89.6 cm³/mol. The van der Waals surface area contributed by atoms with E-state index in [0.717, 1.165) is 11.1 Å².